The van der Waals surface area contributed by atoms with Crippen LogP contribution >= 0.6 is 0 Å². The van der Waals surface area contributed by atoms with Gasteiger partial charge in [-0.15, -0.1) is 0 Å². The monoisotopic (exact) mass is 309 g/mol. The molecule has 0 radical (unpaired) electrons. The van der Waals surface area contributed by atoms with Crippen LogP contribution in [0.2, 0.25) is 0 Å². The first-order valence-corrected chi connectivity index (χ1v) is 9.77. The normalized spacial score (nSPS) is 17.2. The molecule has 0 fully saturated rings. The molecule has 0 saturated heterocycles. The quantitative estimate of drug-likeness (QED) is 0.429. The highest BCUT2D eigenvalue weighted by molar-refractivity contribution is 4.93. The molecule has 3 nitrogen and oxygen atoms in total. The smallest absolute Gasteiger partial charge is 0.0981 e. The third kappa shape index (κ3) is 9.34. The van der Waals surface area contributed by atoms with Gasteiger partial charge in [0, 0.05) is 25.5 Å². The summed E-state index contributed by atoms with van der Waals surface area (Å²) in [6.07, 6.45) is 23.0. The molecular weight excluding hydrogens is 270 g/mol. The minimum absolute atomic E-state index is 0.492. The molecule has 130 valence electrons. The van der Waals surface area contributed by atoms with Crippen molar-refractivity contribution in [3.63, 3.8) is 0 Å². The molecule has 0 aromatic rings. The van der Waals surface area contributed by atoms with Crippen LogP contribution in [0.5, 0.6) is 0 Å². The molecule has 0 saturated carbocycles. The van der Waals surface area contributed by atoms with Crippen molar-refractivity contribution in [1.29, 1.82) is 0 Å². The molecule has 0 aliphatic carbocycles. The summed E-state index contributed by atoms with van der Waals surface area (Å²) in [5, 5.41) is 3.42. The Balaban J connectivity index is 1.80. The minimum Gasteiger partial charge on any atom is -0.370 e. The zero-order valence-electron chi connectivity index (χ0n) is 14.9. The van der Waals surface area contributed by atoms with Crippen molar-refractivity contribution >= 4 is 0 Å². The van der Waals surface area contributed by atoms with Crippen molar-refractivity contribution in [2.45, 2.75) is 96.6 Å². The van der Waals surface area contributed by atoms with Gasteiger partial charge in [-0.05, 0) is 12.8 Å². The summed E-state index contributed by atoms with van der Waals surface area (Å²) in [7, 11) is 0. The van der Waals surface area contributed by atoms with Gasteiger partial charge in [-0.25, -0.2) is 0 Å². The van der Waals surface area contributed by atoms with Gasteiger partial charge in [-0.3, -0.25) is 0 Å². The van der Waals surface area contributed by atoms with Gasteiger partial charge in [0.25, 0.3) is 0 Å². The second-order valence-corrected chi connectivity index (χ2v) is 6.70. The Morgan fingerprint density at radius 3 is 1.95 bits per heavy atom. The summed E-state index contributed by atoms with van der Waals surface area (Å²) >= 11 is 0. The van der Waals surface area contributed by atoms with Gasteiger partial charge in [0.05, 0.1) is 6.17 Å². The van der Waals surface area contributed by atoms with Gasteiger partial charge in [0.15, 0.2) is 0 Å². The van der Waals surface area contributed by atoms with Crippen molar-refractivity contribution in [2.24, 2.45) is 5.73 Å². The van der Waals surface area contributed by atoms with E-state index in [4.69, 9.17) is 5.73 Å². The van der Waals surface area contributed by atoms with Gasteiger partial charge >= 0.3 is 0 Å². The maximum absolute atomic E-state index is 5.64. The highest BCUT2D eigenvalue weighted by Gasteiger charge is 2.16. The maximum Gasteiger partial charge on any atom is 0.0981 e. The van der Waals surface area contributed by atoms with Gasteiger partial charge in [-0.2, -0.15) is 0 Å². The first-order chi connectivity index (χ1) is 10.9. The SMILES string of the molecule is CCCCCCCCCCCCCCC1NC=CN1CCN. The van der Waals surface area contributed by atoms with Crippen LogP contribution in [0.4, 0.5) is 0 Å². The Morgan fingerprint density at radius 2 is 1.41 bits per heavy atom. The summed E-state index contributed by atoms with van der Waals surface area (Å²) < 4.78 is 0. The average Bonchev–Trinajstić information content (AvgIpc) is 2.96. The molecule has 1 aliphatic heterocycles. The molecular formula is C19H39N3. The lowest BCUT2D eigenvalue weighted by Gasteiger charge is -2.25. The Morgan fingerprint density at radius 1 is 0.864 bits per heavy atom. The van der Waals surface area contributed by atoms with E-state index >= 15 is 0 Å². The van der Waals surface area contributed by atoms with Crippen LogP contribution in [0.15, 0.2) is 12.4 Å². The second-order valence-electron chi connectivity index (χ2n) is 6.70. The molecule has 0 bridgehead atoms. The Bertz CT molecular complexity index is 265. The zero-order valence-corrected chi connectivity index (χ0v) is 14.9. The molecule has 3 heteroatoms. The topological polar surface area (TPSA) is 41.3 Å². The zero-order chi connectivity index (χ0) is 15.9. The van der Waals surface area contributed by atoms with E-state index in [1.54, 1.807) is 0 Å². The lowest BCUT2D eigenvalue weighted by atomic mass is 10.0. The lowest BCUT2D eigenvalue weighted by Crippen LogP contribution is -2.37. The van der Waals surface area contributed by atoms with Crippen LogP contribution in [0.1, 0.15) is 90.4 Å². The van der Waals surface area contributed by atoms with Gasteiger partial charge in [0.2, 0.25) is 0 Å². The minimum atomic E-state index is 0.492. The third-order valence-corrected chi connectivity index (χ3v) is 4.67. The molecule has 1 heterocycles. The predicted molar refractivity (Wildman–Crippen MR) is 97.5 cm³/mol. The van der Waals surface area contributed by atoms with E-state index in [9.17, 15) is 0 Å². The summed E-state index contributed by atoms with van der Waals surface area (Å²) in [6, 6.07) is 0. The Hall–Kier alpha value is -0.700. The fourth-order valence-electron chi connectivity index (χ4n) is 3.26. The summed E-state index contributed by atoms with van der Waals surface area (Å²) in [6.45, 7) is 3.99. The van der Waals surface area contributed by atoms with Crippen molar-refractivity contribution in [3.05, 3.63) is 12.4 Å². The number of nitrogens with two attached hydrogens (primary N) is 1. The fraction of sp³-hybridized carbons (Fsp3) is 0.895. The number of hydrogen-bond acceptors (Lipinski definition) is 3. The lowest BCUT2D eigenvalue weighted by molar-refractivity contribution is 0.264. The largest absolute Gasteiger partial charge is 0.370 e. The van der Waals surface area contributed by atoms with Crippen LogP contribution in [0.25, 0.3) is 0 Å². The number of nitrogens with zero attached hydrogens (tertiary/aromatic N) is 1. The molecule has 3 N–H and O–H groups in total. The molecule has 0 aromatic carbocycles. The highest BCUT2D eigenvalue weighted by Crippen LogP contribution is 2.15. The van der Waals surface area contributed by atoms with Crippen LogP contribution in [-0.4, -0.2) is 24.2 Å². The van der Waals surface area contributed by atoms with Crippen LogP contribution in [0, 0.1) is 0 Å². The Labute approximate surface area is 138 Å². The molecule has 0 amide bonds. The molecule has 0 aromatic heterocycles. The van der Waals surface area contributed by atoms with Gasteiger partial charge < -0.3 is 16.0 Å². The van der Waals surface area contributed by atoms with Crippen molar-refractivity contribution < 1.29 is 0 Å². The number of rotatable bonds is 15. The molecule has 1 unspecified atom stereocenters. The first kappa shape index (κ1) is 19.3. The van der Waals surface area contributed by atoms with E-state index in [1.807, 2.05) is 0 Å². The van der Waals surface area contributed by atoms with Crippen LogP contribution < -0.4 is 11.1 Å². The Kier molecular flexibility index (Phi) is 12.2. The summed E-state index contributed by atoms with van der Waals surface area (Å²) in [5.41, 5.74) is 5.64. The fourth-order valence-corrected chi connectivity index (χ4v) is 3.26. The molecule has 1 atom stereocenters. The molecule has 1 aliphatic rings. The molecule has 0 spiro atoms. The number of hydrogen-bond donors (Lipinski definition) is 2. The first-order valence-electron chi connectivity index (χ1n) is 9.77. The van der Waals surface area contributed by atoms with E-state index in [-0.39, 0.29) is 0 Å². The summed E-state index contributed by atoms with van der Waals surface area (Å²) in [4.78, 5) is 2.33. The van der Waals surface area contributed by atoms with Crippen molar-refractivity contribution in [2.75, 3.05) is 13.1 Å². The van der Waals surface area contributed by atoms with E-state index < -0.39 is 0 Å². The summed E-state index contributed by atoms with van der Waals surface area (Å²) in [5.74, 6) is 0. The van der Waals surface area contributed by atoms with E-state index in [1.165, 1.54) is 83.5 Å². The maximum atomic E-state index is 5.64. The molecule has 22 heavy (non-hydrogen) atoms. The van der Waals surface area contributed by atoms with Gasteiger partial charge in [0.1, 0.15) is 0 Å². The second kappa shape index (κ2) is 13.9. The standard InChI is InChI=1S/C19H39N3/c1-2-3-4-5-6-7-8-9-10-11-12-13-14-19-21-16-18-22(19)17-15-20/h16,18-19,21H,2-15,17,20H2,1H3. The highest BCUT2D eigenvalue weighted by atomic mass is 15.3. The number of nitrogens with one attached hydrogen (secondary N) is 1. The predicted octanol–water partition coefficient (Wildman–Crippen LogP) is 4.74. The van der Waals surface area contributed by atoms with E-state index in [0.717, 1.165) is 13.1 Å². The number of unbranched alkanes of at least 4 members (excludes halogenated alkanes) is 11. The van der Waals surface area contributed by atoms with Gasteiger partial charge in [-0.1, -0.05) is 77.6 Å². The van der Waals surface area contributed by atoms with E-state index in [0.29, 0.717) is 6.17 Å². The van der Waals surface area contributed by atoms with Crippen LogP contribution in [0.3, 0.4) is 0 Å². The van der Waals surface area contributed by atoms with Crippen LogP contribution in [-0.2, 0) is 0 Å². The van der Waals surface area contributed by atoms with Crippen molar-refractivity contribution in [3.8, 4) is 0 Å². The third-order valence-electron chi connectivity index (χ3n) is 4.67. The average molecular weight is 310 g/mol. The molecule has 1 rings (SSSR count). The van der Waals surface area contributed by atoms with Crippen molar-refractivity contribution in [1.82, 2.24) is 10.2 Å². The van der Waals surface area contributed by atoms with E-state index in [2.05, 4.69) is 29.5 Å².